The molecule has 0 saturated carbocycles. The number of carbonyl (C=O) groups excluding carboxylic acids is 1. The minimum atomic E-state index is -0.314. The summed E-state index contributed by atoms with van der Waals surface area (Å²) >= 11 is 0. The van der Waals surface area contributed by atoms with E-state index in [4.69, 9.17) is 4.74 Å². The van der Waals surface area contributed by atoms with Gasteiger partial charge in [-0.3, -0.25) is 4.68 Å². The molecule has 0 atom stereocenters. The lowest BCUT2D eigenvalue weighted by Gasteiger charge is -2.16. The van der Waals surface area contributed by atoms with Crippen molar-refractivity contribution in [1.82, 2.24) is 20.0 Å². The van der Waals surface area contributed by atoms with E-state index >= 15 is 0 Å². The van der Waals surface area contributed by atoms with Gasteiger partial charge in [-0.1, -0.05) is 0 Å². The predicted octanol–water partition coefficient (Wildman–Crippen LogP) is 0.267. The van der Waals surface area contributed by atoms with E-state index in [9.17, 15) is 4.79 Å². The summed E-state index contributed by atoms with van der Waals surface area (Å²) < 4.78 is 7.04. The Labute approximate surface area is 113 Å². The van der Waals surface area contributed by atoms with Gasteiger partial charge in [-0.15, -0.1) is 0 Å². The van der Waals surface area contributed by atoms with E-state index in [0.29, 0.717) is 18.8 Å². The van der Waals surface area contributed by atoms with Gasteiger partial charge in [-0.25, -0.2) is 4.79 Å². The molecule has 1 aliphatic rings. The lowest BCUT2D eigenvalue weighted by atomic mass is 10.1. The SMILES string of the molecule is CCOC(=O)c1nn(CCN(C)C)c2c1CNCC2. The fourth-order valence-corrected chi connectivity index (χ4v) is 2.26. The molecule has 0 amide bonds. The third-order valence-corrected chi connectivity index (χ3v) is 3.23. The number of hydrogen-bond acceptors (Lipinski definition) is 5. The third-order valence-electron chi connectivity index (χ3n) is 3.23. The fraction of sp³-hybridized carbons (Fsp3) is 0.692. The number of likely N-dealkylation sites (N-methyl/N-ethyl adjacent to an activating group) is 1. The summed E-state index contributed by atoms with van der Waals surface area (Å²) in [6, 6.07) is 0. The Morgan fingerprint density at radius 1 is 1.53 bits per heavy atom. The first kappa shape index (κ1) is 14.0. The molecule has 0 bridgehead atoms. The first-order valence-corrected chi connectivity index (χ1v) is 6.74. The molecule has 6 heteroatoms. The second kappa shape index (κ2) is 6.16. The van der Waals surface area contributed by atoms with Crippen molar-refractivity contribution in [2.24, 2.45) is 0 Å². The summed E-state index contributed by atoms with van der Waals surface area (Å²) in [6.07, 6.45) is 0.912. The monoisotopic (exact) mass is 266 g/mol. The molecule has 1 aromatic rings. The van der Waals surface area contributed by atoms with E-state index in [-0.39, 0.29) is 5.97 Å². The molecule has 6 nitrogen and oxygen atoms in total. The molecule has 19 heavy (non-hydrogen) atoms. The number of rotatable bonds is 5. The van der Waals surface area contributed by atoms with Gasteiger partial charge < -0.3 is 15.0 Å². The minimum absolute atomic E-state index is 0.314. The highest BCUT2D eigenvalue weighted by molar-refractivity contribution is 5.89. The van der Waals surface area contributed by atoms with Crippen LogP contribution in [0.5, 0.6) is 0 Å². The van der Waals surface area contributed by atoms with Crippen molar-refractivity contribution in [2.75, 3.05) is 33.8 Å². The van der Waals surface area contributed by atoms with Crippen molar-refractivity contribution in [1.29, 1.82) is 0 Å². The number of fused-ring (bicyclic) bond motifs is 1. The average molecular weight is 266 g/mol. The molecular weight excluding hydrogens is 244 g/mol. The van der Waals surface area contributed by atoms with Crippen LogP contribution in [-0.4, -0.2) is 54.4 Å². The maximum atomic E-state index is 11.9. The van der Waals surface area contributed by atoms with Crippen LogP contribution in [0.1, 0.15) is 28.7 Å². The van der Waals surface area contributed by atoms with E-state index < -0.39 is 0 Å². The number of nitrogens with zero attached hydrogens (tertiary/aromatic N) is 3. The molecule has 2 rings (SSSR count). The van der Waals surface area contributed by atoms with Gasteiger partial charge in [0.15, 0.2) is 5.69 Å². The van der Waals surface area contributed by atoms with Crippen LogP contribution < -0.4 is 5.32 Å². The molecule has 1 aliphatic heterocycles. The summed E-state index contributed by atoms with van der Waals surface area (Å²) in [7, 11) is 4.06. The molecule has 0 unspecified atom stereocenters. The normalized spacial score (nSPS) is 14.5. The Bertz CT molecular complexity index is 454. The Kier molecular flexibility index (Phi) is 4.55. The van der Waals surface area contributed by atoms with E-state index in [2.05, 4.69) is 15.3 Å². The largest absolute Gasteiger partial charge is 0.461 e. The highest BCUT2D eigenvalue weighted by Gasteiger charge is 2.25. The summed E-state index contributed by atoms with van der Waals surface area (Å²) in [5, 5.41) is 7.74. The van der Waals surface area contributed by atoms with Crippen molar-refractivity contribution in [3.05, 3.63) is 17.0 Å². The molecule has 0 radical (unpaired) electrons. The van der Waals surface area contributed by atoms with E-state index in [1.807, 2.05) is 25.7 Å². The van der Waals surface area contributed by atoms with Gasteiger partial charge in [0.25, 0.3) is 0 Å². The van der Waals surface area contributed by atoms with Crippen molar-refractivity contribution in [3.8, 4) is 0 Å². The molecule has 0 fully saturated rings. The number of esters is 1. The Balaban J connectivity index is 2.26. The Morgan fingerprint density at radius 3 is 3.00 bits per heavy atom. The van der Waals surface area contributed by atoms with Crippen LogP contribution in [0.25, 0.3) is 0 Å². The quantitative estimate of drug-likeness (QED) is 0.775. The van der Waals surface area contributed by atoms with Gasteiger partial charge in [0.05, 0.1) is 13.2 Å². The van der Waals surface area contributed by atoms with Gasteiger partial charge in [-0.2, -0.15) is 5.10 Å². The zero-order valence-electron chi connectivity index (χ0n) is 11.9. The third kappa shape index (κ3) is 3.13. The first-order valence-electron chi connectivity index (χ1n) is 6.74. The number of aromatic nitrogens is 2. The minimum Gasteiger partial charge on any atom is -0.461 e. The fourth-order valence-electron chi connectivity index (χ4n) is 2.26. The lowest BCUT2D eigenvalue weighted by molar-refractivity contribution is 0.0517. The second-order valence-corrected chi connectivity index (χ2v) is 4.95. The highest BCUT2D eigenvalue weighted by atomic mass is 16.5. The van der Waals surface area contributed by atoms with E-state index in [0.717, 1.165) is 31.6 Å². The number of ether oxygens (including phenoxy) is 1. The Morgan fingerprint density at radius 2 is 2.32 bits per heavy atom. The molecular formula is C13H22N4O2. The first-order chi connectivity index (χ1) is 9.13. The van der Waals surface area contributed by atoms with Crippen molar-refractivity contribution in [2.45, 2.75) is 26.4 Å². The highest BCUT2D eigenvalue weighted by Crippen LogP contribution is 2.19. The van der Waals surface area contributed by atoms with E-state index in [1.165, 1.54) is 5.69 Å². The zero-order valence-corrected chi connectivity index (χ0v) is 11.9. The predicted molar refractivity (Wildman–Crippen MR) is 72.1 cm³/mol. The van der Waals surface area contributed by atoms with Crippen molar-refractivity contribution in [3.63, 3.8) is 0 Å². The van der Waals surface area contributed by atoms with Crippen molar-refractivity contribution < 1.29 is 9.53 Å². The summed E-state index contributed by atoms with van der Waals surface area (Å²) in [5.41, 5.74) is 2.65. The van der Waals surface area contributed by atoms with E-state index in [1.54, 1.807) is 0 Å². The summed E-state index contributed by atoms with van der Waals surface area (Å²) in [5.74, 6) is -0.314. The molecule has 1 aromatic heterocycles. The average Bonchev–Trinajstić information content (AvgIpc) is 2.76. The summed E-state index contributed by atoms with van der Waals surface area (Å²) in [4.78, 5) is 14.0. The molecule has 0 aliphatic carbocycles. The lowest BCUT2D eigenvalue weighted by Crippen LogP contribution is -2.27. The van der Waals surface area contributed by atoms with Crippen molar-refractivity contribution >= 4 is 5.97 Å². The smallest absolute Gasteiger partial charge is 0.359 e. The second-order valence-electron chi connectivity index (χ2n) is 4.95. The van der Waals surface area contributed by atoms with Gasteiger partial charge in [0.1, 0.15) is 0 Å². The standard InChI is InChI=1S/C13H22N4O2/c1-4-19-13(18)12-10-9-14-6-5-11(10)17(15-12)8-7-16(2)3/h14H,4-9H2,1-3H3. The van der Waals surface area contributed by atoms with Gasteiger partial charge in [0.2, 0.25) is 0 Å². The van der Waals surface area contributed by atoms with Gasteiger partial charge in [0, 0.05) is 37.3 Å². The molecule has 0 spiro atoms. The number of hydrogen-bond donors (Lipinski definition) is 1. The zero-order chi connectivity index (χ0) is 13.8. The molecule has 0 aromatic carbocycles. The number of carbonyl (C=O) groups is 1. The van der Waals surface area contributed by atoms with Gasteiger partial charge in [-0.05, 0) is 21.0 Å². The van der Waals surface area contributed by atoms with Crippen LogP contribution in [-0.2, 0) is 24.2 Å². The molecule has 0 saturated heterocycles. The summed E-state index contributed by atoms with van der Waals surface area (Å²) in [6.45, 7) is 5.53. The molecule has 1 N–H and O–H groups in total. The topological polar surface area (TPSA) is 59.4 Å². The Hall–Kier alpha value is -1.40. The maximum Gasteiger partial charge on any atom is 0.359 e. The molecule has 106 valence electrons. The van der Waals surface area contributed by atoms with Gasteiger partial charge >= 0.3 is 5.97 Å². The maximum absolute atomic E-state index is 11.9. The molecule has 2 heterocycles. The number of nitrogens with one attached hydrogen (secondary N) is 1. The van der Waals surface area contributed by atoms with Crippen LogP contribution >= 0.6 is 0 Å². The van der Waals surface area contributed by atoms with Crippen LogP contribution in [0, 0.1) is 0 Å². The van der Waals surface area contributed by atoms with Crippen LogP contribution in [0.4, 0.5) is 0 Å². The van der Waals surface area contributed by atoms with Crippen LogP contribution in [0.3, 0.4) is 0 Å². The van der Waals surface area contributed by atoms with Crippen LogP contribution in [0.15, 0.2) is 0 Å². The van der Waals surface area contributed by atoms with Crippen LogP contribution in [0.2, 0.25) is 0 Å².